The van der Waals surface area contributed by atoms with Crippen molar-refractivity contribution in [1.29, 1.82) is 0 Å². The van der Waals surface area contributed by atoms with Crippen LogP contribution in [0.4, 0.5) is 0 Å². The number of likely N-dealkylation sites (tertiary alicyclic amines) is 1. The maximum Gasteiger partial charge on any atom is 0.252 e. The molecule has 164 valence electrons. The standard InChI is InChI=1S/C21H35N3O3S2/c1-16-7-5-11-23(13-16)21(3,4)15-22-20(25)18-8-6-12-24(14-18)29(26,27)19-10-9-17(2)28-19/h9-10,16,18H,5-8,11-15H2,1-4H3,(H,22,25). The molecule has 6 nitrogen and oxygen atoms in total. The highest BCUT2D eigenvalue weighted by molar-refractivity contribution is 7.91. The van der Waals surface area contributed by atoms with Gasteiger partial charge in [-0.15, -0.1) is 11.3 Å². The number of hydrogen-bond donors (Lipinski definition) is 1. The molecule has 8 heteroatoms. The van der Waals surface area contributed by atoms with E-state index >= 15 is 0 Å². The van der Waals surface area contributed by atoms with Gasteiger partial charge in [0.15, 0.2) is 0 Å². The fraction of sp³-hybridized carbons (Fsp3) is 0.762. The summed E-state index contributed by atoms with van der Waals surface area (Å²) in [4.78, 5) is 16.3. The number of sulfonamides is 1. The third-order valence-corrected chi connectivity index (χ3v) is 9.61. The quantitative estimate of drug-likeness (QED) is 0.737. The Morgan fingerprint density at radius 3 is 2.59 bits per heavy atom. The molecule has 0 aromatic carbocycles. The van der Waals surface area contributed by atoms with Gasteiger partial charge in [0, 0.05) is 36.6 Å². The van der Waals surface area contributed by atoms with Crippen molar-refractivity contribution in [2.45, 2.75) is 63.1 Å². The van der Waals surface area contributed by atoms with Crippen LogP contribution in [0.3, 0.4) is 0 Å². The number of thiophene rings is 1. The molecule has 2 unspecified atom stereocenters. The number of amides is 1. The highest BCUT2D eigenvalue weighted by atomic mass is 32.2. The number of nitrogens with zero attached hydrogens (tertiary/aromatic N) is 2. The van der Waals surface area contributed by atoms with Crippen LogP contribution in [0.1, 0.15) is 51.3 Å². The predicted molar refractivity (Wildman–Crippen MR) is 118 cm³/mol. The Labute approximate surface area is 179 Å². The van der Waals surface area contributed by atoms with Gasteiger partial charge in [0.25, 0.3) is 10.0 Å². The van der Waals surface area contributed by atoms with Gasteiger partial charge in [-0.1, -0.05) is 6.92 Å². The largest absolute Gasteiger partial charge is 0.354 e. The van der Waals surface area contributed by atoms with Crippen molar-refractivity contribution in [1.82, 2.24) is 14.5 Å². The molecule has 0 spiro atoms. The number of hydrogen-bond acceptors (Lipinski definition) is 5. The molecule has 1 N–H and O–H groups in total. The van der Waals surface area contributed by atoms with E-state index < -0.39 is 10.0 Å². The lowest BCUT2D eigenvalue weighted by Crippen LogP contribution is -2.55. The van der Waals surface area contributed by atoms with E-state index in [4.69, 9.17) is 0 Å². The van der Waals surface area contributed by atoms with Gasteiger partial charge in [0.2, 0.25) is 5.91 Å². The molecule has 0 radical (unpaired) electrons. The van der Waals surface area contributed by atoms with Gasteiger partial charge in [-0.2, -0.15) is 4.31 Å². The summed E-state index contributed by atoms with van der Waals surface area (Å²) in [7, 11) is -3.51. The number of carbonyl (C=O) groups excluding carboxylic acids is 1. The number of nitrogens with one attached hydrogen (secondary N) is 1. The average Bonchev–Trinajstić information content (AvgIpc) is 3.13. The zero-order valence-corrected chi connectivity index (χ0v) is 19.7. The Kier molecular flexibility index (Phi) is 7.08. The second-order valence-corrected chi connectivity index (χ2v) is 12.7. The molecule has 2 saturated heterocycles. The zero-order chi connectivity index (χ0) is 21.2. The van der Waals surface area contributed by atoms with Crippen LogP contribution in [0.25, 0.3) is 0 Å². The van der Waals surface area contributed by atoms with E-state index in [2.05, 4.69) is 31.0 Å². The summed E-state index contributed by atoms with van der Waals surface area (Å²) >= 11 is 1.29. The van der Waals surface area contributed by atoms with Gasteiger partial charge >= 0.3 is 0 Å². The first-order valence-corrected chi connectivity index (χ1v) is 12.9. The Morgan fingerprint density at radius 1 is 1.21 bits per heavy atom. The minimum absolute atomic E-state index is 0.0228. The van der Waals surface area contributed by atoms with Crippen molar-refractivity contribution >= 4 is 27.3 Å². The number of rotatable bonds is 6. The predicted octanol–water partition coefficient (Wildman–Crippen LogP) is 3.08. The van der Waals surface area contributed by atoms with Crippen LogP contribution in [-0.4, -0.2) is 61.8 Å². The van der Waals surface area contributed by atoms with Crippen molar-refractivity contribution in [2.24, 2.45) is 11.8 Å². The van der Waals surface area contributed by atoms with Crippen molar-refractivity contribution in [2.75, 3.05) is 32.7 Å². The summed E-state index contributed by atoms with van der Waals surface area (Å²) in [5.74, 6) is 0.387. The molecule has 29 heavy (non-hydrogen) atoms. The molecule has 1 aromatic rings. The van der Waals surface area contributed by atoms with Gasteiger partial charge in [0.05, 0.1) is 5.92 Å². The van der Waals surface area contributed by atoms with Gasteiger partial charge in [0.1, 0.15) is 4.21 Å². The lowest BCUT2D eigenvalue weighted by molar-refractivity contribution is -0.126. The summed E-state index contributed by atoms with van der Waals surface area (Å²) < 4.78 is 27.7. The van der Waals surface area contributed by atoms with Crippen LogP contribution in [0.15, 0.2) is 16.3 Å². The SMILES string of the molecule is Cc1ccc(S(=O)(=O)N2CCCC(C(=O)NCC(C)(C)N3CCCC(C)C3)C2)s1. The van der Waals surface area contributed by atoms with Crippen LogP contribution in [-0.2, 0) is 14.8 Å². The topological polar surface area (TPSA) is 69.7 Å². The first-order valence-electron chi connectivity index (χ1n) is 10.7. The molecule has 3 heterocycles. The monoisotopic (exact) mass is 441 g/mol. The maximum atomic E-state index is 12.9. The number of aryl methyl sites for hydroxylation is 1. The Balaban J connectivity index is 1.58. The maximum absolute atomic E-state index is 12.9. The molecule has 0 bridgehead atoms. The third-order valence-electron chi connectivity index (χ3n) is 6.27. The van der Waals surface area contributed by atoms with E-state index in [1.807, 2.05) is 13.0 Å². The second kappa shape index (κ2) is 9.04. The molecule has 2 aliphatic rings. The average molecular weight is 442 g/mol. The lowest BCUT2D eigenvalue weighted by Gasteiger charge is -2.43. The van der Waals surface area contributed by atoms with Gasteiger partial charge in [-0.25, -0.2) is 8.42 Å². The first kappa shape index (κ1) is 22.7. The van der Waals surface area contributed by atoms with Gasteiger partial charge in [-0.3, -0.25) is 9.69 Å². The Bertz CT molecular complexity index is 819. The van der Waals surface area contributed by atoms with E-state index in [0.29, 0.717) is 29.6 Å². The van der Waals surface area contributed by atoms with Crippen molar-refractivity contribution < 1.29 is 13.2 Å². The third kappa shape index (κ3) is 5.40. The van der Waals surface area contributed by atoms with Crippen LogP contribution in [0.5, 0.6) is 0 Å². The second-order valence-electron chi connectivity index (χ2n) is 9.29. The van der Waals surface area contributed by atoms with Crippen LogP contribution in [0.2, 0.25) is 0 Å². The van der Waals surface area contributed by atoms with Gasteiger partial charge in [-0.05, 0) is 71.0 Å². The van der Waals surface area contributed by atoms with E-state index in [-0.39, 0.29) is 23.9 Å². The molecule has 3 rings (SSSR count). The molecule has 2 atom stereocenters. The fourth-order valence-electron chi connectivity index (χ4n) is 4.35. The van der Waals surface area contributed by atoms with E-state index in [1.54, 1.807) is 6.07 Å². The van der Waals surface area contributed by atoms with E-state index in [9.17, 15) is 13.2 Å². The fourth-order valence-corrected chi connectivity index (χ4v) is 7.31. The normalized spacial score (nSPS) is 25.1. The summed E-state index contributed by atoms with van der Waals surface area (Å²) in [6.45, 7) is 12.0. The number of carbonyl (C=O) groups is 1. The Morgan fingerprint density at radius 2 is 1.93 bits per heavy atom. The molecule has 1 amide bonds. The van der Waals surface area contributed by atoms with Crippen LogP contribution in [0, 0.1) is 18.8 Å². The Hall–Kier alpha value is -0.960. The van der Waals surface area contributed by atoms with E-state index in [0.717, 1.165) is 24.4 Å². The molecular weight excluding hydrogens is 406 g/mol. The summed E-state index contributed by atoms with van der Waals surface area (Å²) in [6.07, 6.45) is 3.93. The molecule has 0 aliphatic carbocycles. The summed E-state index contributed by atoms with van der Waals surface area (Å²) in [6, 6.07) is 3.50. The summed E-state index contributed by atoms with van der Waals surface area (Å²) in [5.41, 5.74) is -0.0980. The van der Waals surface area contributed by atoms with Crippen molar-refractivity contribution in [3.8, 4) is 0 Å². The molecular formula is C21H35N3O3S2. The highest BCUT2D eigenvalue weighted by Gasteiger charge is 2.35. The molecule has 2 aliphatic heterocycles. The van der Waals surface area contributed by atoms with Crippen LogP contribution < -0.4 is 5.32 Å². The minimum atomic E-state index is -3.51. The number of piperidine rings is 2. The molecule has 2 fully saturated rings. The molecule has 1 aromatic heterocycles. The van der Waals surface area contributed by atoms with Crippen molar-refractivity contribution in [3.05, 3.63) is 17.0 Å². The summed E-state index contributed by atoms with van der Waals surface area (Å²) in [5, 5.41) is 3.12. The van der Waals surface area contributed by atoms with Crippen molar-refractivity contribution in [3.63, 3.8) is 0 Å². The first-order chi connectivity index (χ1) is 13.6. The van der Waals surface area contributed by atoms with Gasteiger partial charge < -0.3 is 5.32 Å². The molecule has 0 saturated carbocycles. The van der Waals surface area contributed by atoms with Crippen LogP contribution >= 0.6 is 11.3 Å². The zero-order valence-electron chi connectivity index (χ0n) is 18.1. The highest BCUT2D eigenvalue weighted by Crippen LogP contribution is 2.28. The van der Waals surface area contributed by atoms with E-state index in [1.165, 1.54) is 28.5 Å². The smallest absolute Gasteiger partial charge is 0.252 e. The minimum Gasteiger partial charge on any atom is -0.354 e. The lowest BCUT2D eigenvalue weighted by atomic mass is 9.93.